The summed E-state index contributed by atoms with van der Waals surface area (Å²) in [5, 5.41) is 18.1. The molecule has 0 aromatic carbocycles. The van der Waals surface area contributed by atoms with Gasteiger partial charge < -0.3 is 10.2 Å². The van der Waals surface area contributed by atoms with Crippen LogP contribution in [0.3, 0.4) is 0 Å². The van der Waals surface area contributed by atoms with Gasteiger partial charge in [0.15, 0.2) is 5.78 Å². The van der Waals surface area contributed by atoms with Gasteiger partial charge in [0.05, 0.1) is 6.10 Å². The lowest BCUT2D eigenvalue weighted by Crippen LogP contribution is -2.03. The number of aliphatic hydroxyl groups is 1. The van der Waals surface area contributed by atoms with Crippen LogP contribution >= 0.6 is 0 Å². The van der Waals surface area contributed by atoms with Crippen molar-refractivity contribution in [2.24, 2.45) is 0 Å². The molecule has 24 heavy (non-hydrogen) atoms. The number of ketones is 1. The molecule has 0 rings (SSSR count). The zero-order chi connectivity index (χ0) is 18.0. The van der Waals surface area contributed by atoms with E-state index in [0.717, 1.165) is 12.8 Å². The van der Waals surface area contributed by atoms with Crippen LogP contribution in [0.1, 0.15) is 71.1 Å². The Bertz CT molecular complexity index is 421. The van der Waals surface area contributed by atoms with Crippen molar-refractivity contribution in [3.63, 3.8) is 0 Å². The van der Waals surface area contributed by atoms with Crippen LogP contribution in [0.5, 0.6) is 0 Å². The molecule has 0 aliphatic heterocycles. The highest BCUT2D eigenvalue weighted by molar-refractivity contribution is 5.89. The van der Waals surface area contributed by atoms with Crippen LogP contribution in [-0.2, 0) is 9.59 Å². The van der Waals surface area contributed by atoms with Crippen molar-refractivity contribution >= 4 is 11.8 Å². The predicted octanol–water partition coefficient (Wildman–Crippen LogP) is 4.59. The van der Waals surface area contributed by atoms with Crippen LogP contribution in [0.15, 0.2) is 36.5 Å². The fourth-order valence-electron chi connectivity index (χ4n) is 2.14. The first-order valence-corrected chi connectivity index (χ1v) is 8.98. The zero-order valence-electron chi connectivity index (χ0n) is 14.8. The normalized spacial score (nSPS) is 13.2. The van der Waals surface area contributed by atoms with E-state index in [2.05, 4.69) is 6.92 Å². The van der Waals surface area contributed by atoms with Crippen molar-refractivity contribution in [3.05, 3.63) is 36.5 Å². The molecule has 0 aliphatic carbocycles. The fraction of sp³-hybridized carbons (Fsp3) is 0.600. The van der Waals surface area contributed by atoms with E-state index < -0.39 is 12.1 Å². The first-order valence-electron chi connectivity index (χ1n) is 8.98. The molecule has 4 heteroatoms. The van der Waals surface area contributed by atoms with Gasteiger partial charge in [-0.2, -0.15) is 0 Å². The molecule has 0 heterocycles. The lowest BCUT2D eigenvalue weighted by atomic mass is 10.1. The Morgan fingerprint density at radius 2 is 1.75 bits per heavy atom. The number of aliphatic hydroxyl groups excluding tert-OH is 1. The van der Waals surface area contributed by atoms with E-state index in [9.17, 15) is 14.7 Å². The lowest BCUT2D eigenvalue weighted by Gasteiger charge is -2.02. The summed E-state index contributed by atoms with van der Waals surface area (Å²) in [5.74, 6) is -0.696. The highest BCUT2D eigenvalue weighted by atomic mass is 16.4. The average molecular weight is 336 g/mol. The average Bonchev–Trinajstić information content (AvgIpc) is 2.53. The van der Waals surface area contributed by atoms with Gasteiger partial charge >= 0.3 is 5.97 Å². The first-order chi connectivity index (χ1) is 11.6. The summed E-state index contributed by atoms with van der Waals surface area (Å²) in [7, 11) is 0. The fourth-order valence-corrected chi connectivity index (χ4v) is 2.14. The molecule has 136 valence electrons. The number of carbonyl (C=O) groups is 2. The number of rotatable bonds is 15. The van der Waals surface area contributed by atoms with Crippen molar-refractivity contribution < 1.29 is 19.8 Å². The molecule has 2 N–H and O–H groups in total. The second-order valence-corrected chi connectivity index (χ2v) is 5.92. The van der Waals surface area contributed by atoms with Crippen LogP contribution in [0, 0.1) is 0 Å². The first kappa shape index (κ1) is 22.3. The summed E-state index contributed by atoms with van der Waals surface area (Å²) in [4.78, 5) is 22.0. The molecule has 0 unspecified atom stereocenters. The molecule has 0 aromatic rings. The van der Waals surface area contributed by atoms with E-state index in [1.54, 1.807) is 18.2 Å². The Morgan fingerprint density at radius 1 is 0.958 bits per heavy atom. The highest BCUT2D eigenvalue weighted by Gasteiger charge is 2.01. The number of carboxylic acid groups (broad SMARTS) is 1. The maximum Gasteiger partial charge on any atom is 0.303 e. The molecular formula is C20H32O4. The van der Waals surface area contributed by atoms with E-state index in [4.69, 9.17) is 5.11 Å². The van der Waals surface area contributed by atoms with Crippen molar-refractivity contribution in [1.29, 1.82) is 0 Å². The van der Waals surface area contributed by atoms with E-state index in [1.165, 1.54) is 19.3 Å². The zero-order valence-corrected chi connectivity index (χ0v) is 14.8. The molecule has 4 nitrogen and oxygen atoms in total. The van der Waals surface area contributed by atoms with Crippen molar-refractivity contribution in [2.75, 3.05) is 0 Å². The standard InChI is InChI=1S/C20H32O4/c1-2-3-4-5-6-9-13-18(21)14-10-7-8-11-15-19(22)16-12-17-20(23)24/h7-9,11,13,15,19,22H,2-6,10,12,14,16-17H2,1H3,(H,23,24)/t19-/m1/s1. The Labute approximate surface area is 146 Å². The van der Waals surface area contributed by atoms with Crippen LogP contribution in [-0.4, -0.2) is 28.1 Å². The largest absolute Gasteiger partial charge is 0.481 e. The van der Waals surface area contributed by atoms with Gasteiger partial charge in [-0.3, -0.25) is 9.59 Å². The molecule has 0 aliphatic rings. The monoisotopic (exact) mass is 336 g/mol. The third-order valence-electron chi connectivity index (χ3n) is 3.56. The maximum atomic E-state index is 11.6. The van der Waals surface area contributed by atoms with E-state index >= 15 is 0 Å². The Morgan fingerprint density at radius 3 is 2.46 bits per heavy atom. The van der Waals surface area contributed by atoms with Crippen LogP contribution in [0.4, 0.5) is 0 Å². The van der Waals surface area contributed by atoms with Crippen LogP contribution in [0.2, 0.25) is 0 Å². The van der Waals surface area contributed by atoms with Gasteiger partial charge in [-0.25, -0.2) is 0 Å². The summed E-state index contributed by atoms with van der Waals surface area (Å²) in [6, 6.07) is 0. The van der Waals surface area contributed by atoms with Crippen LogP contribution < -0.4 is 0 Å². The van der Waals surface area contributed by atoms with Gasteiger partial charge in [-0.05, 0) is 38.2 Å². The van der Waals surface area contributed by atoms with Gasteiger partial charge in [0.1, 0.15) is 0 Å². The summed E-state index contributed by atoms with van der Waals surface area (Å²) < 4.78 is 0. The van der Waals surface area contributed by atoms with Crippen molar-refractivity contribution in [3.8, 4) is 0 Å². The summed E-state index contributed by atoms with van der Waals surface area (Å²) in [5.41, 5.74) is 0. The molecular weight excluding hydrogens is 304 g/mol. The minimum atomic E-state index is -0.842. The second-order valence-electron chi connectivity index (χ2n) is 5.92. The SMILES string of the molecule is CCCCCCC=CC(=O)CCC=CC=C[C@@H](O)CCCC(=O)O. The Kier molecular flexibility index (Phi) is 15.1. The van der Waals surface area contributed by atoms with Gasteiger partial charge in [0.2, 0.25) is 0 Å². The third kappa shape index (κ3) is 16.7. The molecule has 0 radical (unpaired) electrons. The molecule has 0 spiro atoms. The minimum absolute atomic E-state index is 0.0783. The molecule has 0 bridgehead atoms. The second kappa shape index (κ2) is 16.2. The topological polar surface area (TPSA) is 74.6 Å². The molecule has 0 saturated carbocycles. The van der Waals surface area contributed by atoms with Gasteiger partial charge in [0.25, 0.3) is 0 Å². The number of unbranched alkanes of at least 4 members (excludes halogenated alkanes) is 4. The molecule has 0 fully saturated rings. The number of carboxylic acids is 1. The van der Waals surface area contributed by atoms with Gasteiger partial charge in [-0.15, -0.1) is 0 Å². The quantitative estimate of drug-likeness (QED) is 0.260. The van der Waals surface area contributed by atoms with Crippen molar-refractivity contribution in [1.82, 2.24) is 0 Å². The van der Waals surface area contributed by atoms with E-state index in [1.807, 2.05) is 18.2 Å². The summed E-state index contributed by atoms with van der Waals surface area (Å²) in [6.45, 7) is 2.18. The molecule has 0 amide bonds. The Balaban J connectivity index is 3.68. The van der Waals surface area contributed by atoms with E-state index in [-0.39, 0.29) is 12.2 Å². The number of hydrogen-bond acceptors (Lipinski definition) is 3. The smallest absolute Gasteiger partial charge is 0.303 e. The lowest BCUT2D eigenvalue weighted by molar-refractivity contribution is -0.137. The molecule has 0 aromatic heterocycles. The minimum Gasteiger partial charge on any atom is -0.481 e. The third-order valence-corrected chi connectivity index (χ3v) is 3.56. The number of aliphatic carboxylic acids is 1. The van der Waals surface area contributed by atoms with E-state index in [0.29, 0.717) is 25.7 Å². The molecule has 0 saturated heterocycles. The van der Waals surface area contributed by atoms with Crippen LogP contribution in [0.25, 0.3) is 0 Å². The maximum absolute atomic E-state index is 11.6. The van der Waals surface area contributed by atoms with Gasteiger partial charge in [0, 0.05) is 12.8 Å². The molecule has 1 atom stereocenters. The number of hydrogen-bond donors (Lipinski definition) is 2. The highest BCUT2D eigenvalue weighted by Crippen LogP contribution is 2.04. The Hall–Kier alpha value is -1.68. The van der Waals surface area contributed by atoms with Gasteiger partial charge in [-0.1, -0.05) is 56.6 Å². The predicted molar refractivity (Wildman–Crippen MR) is 97.9 cm³/mol. The summed E-state index contributed by atoms with van der Waals surface area (Å²) >= 11 is 0. The number of carbonyl (C=O) groups excluding carboxylic acids is 1. The van der Waals surface area contributed by atoms with Crippen molar-refractivity contribution in [2.45, 2.75) is 77.2 Å². The number of allylic oxidation sites excluding steroid dienone is 5. The summed E-state index contributed by atoms with van der Waals surface area (Å²) in [6.07, 6.45) is 18.1.